The van der Waals surface area contributed by atoms with Crippen LogP contribution in [-0.4, -0.2) is 23.5 Å². The molecule has 3 aliphatic heterocycles. The van der Waals surface area contributed by atoms with Gasteiger partial charge in [-0.2, -0.15) is 0 Å². The van der Waals surface area contributed by atoms with Crippen LogP contribution in [0.5, 0.6) is 0 Å². The first-order chi connectivity index (χ1) is 9.90. The molecule has 110 valence electrons. The van der Waals surface area contributed by atoms with Gasteiger partial charge in [0.15, 0.2) is 0 Å². The highest BCUT2D eigenvalue weighted by atomic mass is 35.5. The fourth-order valence-electron chi connectivity index (χ4n) is 4.00. The van der Waals surface area contributed by atoms with Crippen molar-refractivity contribution >= 4 is 40.7 Å². The average molecular weight is 326 g/mol. The number of rotatable bonds is 1. The second-order valence-corrected chi connectivity index (χ2v) is 7.02. The Balaban J connectivity index is 1.79. The standard InChI is InChI=1S/C15H13Cl2NO3/c1-15-3-2-10(21-15)11-12(15)14(20)18(13(11)19)9-5-7(16)4-8(17)6-9/h4-6,10-12H,2-3H2,1H3/t10-,11-,12+,15+/m1/s1. The fraction of sp³-hybridized carbons (Fsp3) is 0.467. The van der Waals surface area contributed by atoms with Gasteiger partial charge in [-0.1, -0.05) is 23.2 Å². The third-order valence-electron chi connectivity index (χ3n) is 4.86. The predicted octanol–water partition coefficient (Wildman–Crippen LogP) is 3.05. The maximum absolute atomic E-state index is 12.8. The Morgan fingerprint density at radius 2 is 1.86 bits per heavy atom. The first-order valence-electron chi connectivity index (χ1n) is 6.92. The van der Waals surface area contributed by atoms with Gasteiger partial charge in [0.25, 0.3) is 0 Å². The molecule has 21 heavy (non-hydrogen) atoms. The molecule has 4 rings (SSSR count). The summed E-state index contributed by atoms with van der Waals surface area (Å²) in [5.41, 5.74) is -0.0703. The molecule has 0 unspecified atom stereocenters. The smallest absolute Gasteiger partial charge is 0.240 e. The van der Waals surface area contributed by atoms with Crippen molar-refractivity contribution in [2.75, 3.05) is 4.90 Å². The van der Waals surface area contributed by atoms with E-state index in [0.29, 0.717) is 15.7 Å². The third kappa shape index (κ3) is 1.73. The van der Waals surface area contributed by atoms with Crippen LogP contribution < -0.4 is 4.90 Å². The molecule has 0 aromatic heterocycles. The molecule has 3 fully saturated rings. The molecular weight excluding hydrogens is 313 g/mol. The van der Waals surface area contributed by atoms with Gasteiger partial charge in [0.2, 0.25) is 11.8 Å². The Hall–Kier alpha value is -1.10. The molecule has 3 saturated heterocycles. The van der Waals surface area contributed by atoms with E-state index in [9.17, 15) is 9.59 Å². The molecule has 0 spiro atoms. The number of anilines is 1. The highest BCUT2D eigenvalue weighted by Crippen LogP contribution is 2.55. The second-order valence-electron chi connectivity index (χ2n) is 6.15. The van der Waals surface area contributed by atoms with Crippen molar-refractivity contribution < 1.29 is 14.3 Å². The largest absolute Gasteiger partial charge is 0.370 e. The molecule has 4 nitrogen and oxygen atoms in total. The molecular formula is C15H13Cl2NO3. The SMILES string of the molecule is C[C@@]12CC[C@@H](O1)[C@H]1C(=O)N(c3cc(Cl)cc(Cl)c3)C(=O)[C@H]12. The first-order valence-corrected chi connectivity index (χ1v) is 7.68. The fourth-order valence-corrected chi connectivity index (χ4v) is 4.52. The lowest BCUT2D eigenvalue weighted by Gasteiger charge is -2.26. The molecule has 0 radical (unpaired) electrons. The van der Waals surface area contributed by atoms with Crippen molar-refractivity contribution in [3.8, 4) is 0 Å². The Morgan fingerprint density at radius 1 is 1.19 bits per heavy atom. The second kappa shape index (κ2) is 4.22. The minimum atomic E-state index is -0.515. The lowest BCUT2D eigenvalue weighted by molar-refractivity contribution is -0.126. The van der Waals surface area contributed by atoms with Crippen molar-refractivity contribution in [1.29, 1.82) is 0 Å². The number of ether oxygens (including phenoxy) is 1. The summed E-state index contributed by atoms with van der Waals surface area (Å²) in [5.74, 6) is -1.15. The summed E-state index contributed by atoms with van der Waals surface area (Å²) < 4.78 is 5.88. The minimum absolute atomic E-state index is 0.142. The zero-order valence-corrected chi connectivity index (χ0v) is 12.8. The maximum Gasteiger partial charge on any atom is 0.240 e. The monoisotopic (exact) mass is 325 g/mol. The van der Waals surface area contributed by atoms with Gasteiger partial charge < -0.3 is 4.74 Å². The van der Waals surface area contributed by atoms with Crippen LogP contribution in [0.4, 0.5) is 5.69 Å². The van der Waals surface area contributed by atoms with Gasteiger partial charge in [-0.05, 0) is 38.0 Å². The zero-order chi connectivity index (χ0) is 14.9. The topological polar surface area (TPSA) is 46.6 Å². The van der Waals surface area contributed by atoms with Crippen LogP contribution in [0.1, 0.15) is 19.8 Å². The number of nitrogens with zero attached hydrogens (tertiary/aromatic N) is 1. The van der Waals surface area contributed by atoms with Crippen LogP contribution in [0.15, 0.2) is 18.2 Å². The van der Waals surface area contributed by atoms with E-state index in [-0.39, 0.29) is 29.8 Å². The van der Waals surface area contributed by atoms with E-state index in [0.717, 1.165) is 12.8 Å². The van der Waals surface area contributed by atoms with E-state index in [1.54, 1.807) is 18.2 Å². The van der Waals surface area contributed by atoms with Crippen LogP contribution in [0.2, 0.25) is 10.0 Å². The molecule has 6 heteroatoms. The number of hydrogen-bond acceptors (Lipinski definition) is 3. The predicted molar refractivity (Wildman–Crippen MR) is 78.4 cm³/mol. The Morgan fingerprint density at radius 3 is 2.48 bits per heavy atom. The van der Waals surface area contributed by atoms with Gasteiger partial charge in [0.1, 0.15) is 0 Å². The number of carbonyl (C=O) groups is 2. The normalized spacial score (nSPS) is 37.5. The molecule has 0 aliphatic carbocycles. The summed E-state index contributed by atoms with van der Waals surface area (Å²) in [7, 11) is 0. The lowest BCUT2D eigenvalue weighted by atomic mass is 9.74. The quantitative estimate of drug-likeness (QED) is 0.745. The summed E-state index contributed by atoms with van der Waals surface area (Å²) in [6.07, 6.45) is 1.51. The number of fused-ring (bicyclic) bond motifs is 5. The average Bonchev–Trinajstić information content (AvgIpc) is 2.98. The van der Waals surface area contributed by atoms with Crippen LogP contribution in [0, 0.1) is 11.8 Å². The van der Waals surface area contributed by atoms with Crippen molar-refractivity contribution in [3.05, 3.63) is 28.2 Å². The molecule has 0 N–H and O–H groups in total. The molecule has 2 bridgehead atoms. The number of amides is 2. The Kier molecular flexibility index (Phi) is 2.72. The summed E-state index contributed by atoms with van der Waals surface area (Å²) in [6, 6.07) is 4.76. The molecule has 4 atom stereocenters. The number of imide groups is 1. The molecule has 3 heterocycles. The molecule has 1 aromatic carbocycles. The van der Waals surface area contributed by atoms with E-state index < -0.39 is 5.60 Å². The van der Waals surface area contributed by atoms with Crippen molar-refractivity contribution in [2.45, 2.75) is 31.5 Å². The summed E-state index contributed by atoms with van der Waals surface area (Å²) in [4.78, 5) is 26.7. The molecule has 3 aliphatic rings. The molecule has 1 aromatic rings. The minimum Gasteiger partial charge on any atom is -0.370 e. The number of carbonyl (C=O) groups excluding carboxylic acids is 2. The van der Waals surface area contributed by atoms with Crippen LogP contribution in [-0.2, 0) is 14.3 Å². The maximum atomic E-state index is 12.8. The number of benzene rings is 1. The summed E-state index contributed by atoms with van der Waals surface area (Å²) in [6.45, 7) is 1.93. The molecule has 2 amide bonds. The van der Waals surface area contributed by atoms with Gasteiger partial charge >= 0.3 is 0 Å². The van der Waals surface area contributed by atoms with Crippen LogP contribution in [0.25, 0.3) is 0 Å². The van der Waals surface area contributed by atoms with Crippen LogP contribution >= 0.6 is 23.2 Å². The van der Waals surface area contributed by atoms with Gasteiger partial charge in [0, 0.05) is 10.0 Å². The van der Waals surface area contributed by atoms with E-state index in [4.69, 9.17) is 27.9 Å². The number of halogens is 2. The number of hydrogen-bond donors (Lipinski definition) is 0. The third-order valence-corrected chi connectivity index (χ3v) is 5.30. The highest BCUT2D eigenvalue weighted by molar-refractivity contribution is 6.35. The first kappa shape index (κ1) is 13.6. The van der Waals surface area contributed by atoms with Gasteiger partial charge in [-0.25, -0.2) is 4.90 Å². The van der Waals surface area contributed by atoms with E-state index in [1.807, 2.05) is 6.92 Å². The summed E-state index contributed by atoms with van der Waals surface area (Å²) >= 11 is 12.0. The van der Waals surface area contributed by atoms with Gasteiger partial charge in [-0.3, -0.25) is 9.59 Å². The lowest BCUT2D eigenvalue weighted by Crippen LogP contribution is -2.39. The molecule has 0 saturated carbocycles. The summed E-state index contributed by atoms with van der Waals surface area (Å²) in [5, 5.41) is 0.807. The van der Waals surface area contributed by atoms with E-state index in [1.165, 1.54) is 4.90 Å². The highest BCUT2D eigenvalue weighted by Gasteiger charge is 2.67. The van der Waals surface area contributed by atoms with Gasteiger partial charge in [0.05, 0.1) is 29.2 Å². The Labute approximate surface area is 132 Å². The van der Waals surface area contributed by atoms with Crippen molar-refractivity contribution in [1.82, 2.24) is 0 Å². The van der Waals surface area contributed by atoms with E-state index in [2.05, 4.69) is 0 Å². The Bertz CT molecular complexity index is 657. The van der Waals surface area contributed by atoms with Gasteiger partial charge in [-0.15, -0.1) is 0 Å². The van der Waals surface area contributed by atoms with Crippen molar-refractivity contribution in [3.63, 3.8) is 0 Å². The zero-order valence-electron chi connectivity index (χ0n) is 11.3. The van der Waals surface area contributed by atoms with Crippen LogP contribution in [0.3, 0.4) is 0 Å². The van der Waals surface area contributed by atoms with E-state index >= 15 is 0 Å². The van der Waals surface area contributed by atoms with Crippen molar-refractivity contribution in [2.24, 2.45) is 11.8 Å².